The van der Waals surface area contributed by atoms with E-state index in [0.717, 1.165) is 0 Å². The average molecular weight is 355 g/mol. The van der Waals surface area contributed by atoms with Crippen LogP contribution in [0.5, 0.6) is 5.75 Å². The number of alkyl carbamates (subject to hydrolysis) is 1. The lowest BCUT2D eigenvalue weighted by atomic mass is 9.98. The zero-order valence-electron chi connectivity index (χ0n) is 14.8. The smallest absolute Gasteiger partial charge is 0.407 e. The fourth-order valence-corrected chi connectivity index (χ4v) is 2.19. The van der Waals surface area contributed by atoms with E-state index in [1.165, 1.54) is 25.3 Å². The summed E-state index contributed by atoms with van der Waals surface area (Å²) in [7, 11) is 1.29. The summed E-state index contributed by atoms with van der Waals surface area (Å²) >= 11 is 0. The maximum Gasteiger partial charge on any atom is 0.407 e. The largest absolute Gasteiger partial charge is 0.495 e. The Hall–Kier alpha value is -2.32. The van der Waals surface area contributed by atoms with E-state index >= 15 is 0 Å². The van der Waals surface area contributed by atoms with Gasteiger partial charge in [-0.2, -0.15) is 0 Å². The van der Waals surface area contributed by atoms with Gasteiger partial charge in [0.1, 0.15) is 23.0 Å². The maximum absolute atomic E-state index is 11.5. The van der Waals surface area contributed by atoms with Crippen LogP contribution < -0.4 is 10.1 Å². The topological polar surface area (TPSA) is 125 Å². The minimum absolute atomic E-state index is 0.0124. The van der Waals surface area contributed by atoms with Crippen molar-refractivity contribution >= 4 is 12.1 Å². The number of nitrogens with one attached hydrogen (secondary N) is 1. The number of methoxy groups -OCH3 is 1. The zero-order valence-corrected chi connectivity index (χ0v) is 14.8. The molecule has 140 valence electrons. The van der Waals surface area contributed by atoms with E-state index < -0.39 is 29.9 Å². The molecule has 8 nitrogen and oxygen atoms in total. The summed E-state index contributed by atoms with van der Waals surface area (Å²) in [5.74, 6) is -1.21. The van der Waals surface area contributed by atoms with Crippen LogP contribution in [0.15, 0.2) is 18.2 Å². The Kier molecular flexibility index (Phi) is 7.20. The van der Waals surface area contributed by atoms with Gasteiger partial charge in [-0.05, 0) is 33.3 Å². The van der Waals surface area contributed by atoms with Crippen LogP contribution in [0.25, 0.3) is 0 Å². The minimum Gasteiger partial charge on any atom is -0.495 e. The van der Waals surface area contributed by atoms with E-state index in [0.29, 0.717) is 0 Å². The number of carbonyl (C=O) groups is 2. The lowest BCUT2D eigenvalue weighted by Gasteiger charge is -2.22. The number of aliphatic hydroxyl groups is 2. The fourth-order valence-electron chi connectivity index (χ4n) is 2.19. The molecule has 8 heteroatoms. The van der Waals surface area contributed by atoms with E-state index in [1.54, 1.807) is 20.8 Å². The maximum atomic E-state index is 11.5. The molecule has 1 aromatic carbocycles. The SMILES string of the molecule is COc1c(C(=O)O)cccc1C(O)C(O)CCNC(=O)OC(C)(C)C. The first-order valence-electron chi connectivity index (χ1n) is 7.80. The molecule has 25 heavy (non-hydrogen) atoms. The third-order valence-corrected chi connectivity index (χ3v) is 3.27. The Balaban J connectivity index is 2.71. The molecule has 2 unspecified atom stereocenters. The Morgan fingerprint density at radius 3 is 2.40 bits per heavy atom. The summed E-state index contributed by atoms with van der Waals surface area (Å²) < 4.78 is 10.1. The van der Waals surface area contributed by atoms with E-state index in [1.807, 2.05) is 0 Å². The van der Waals surface area contributed by atoms with Gasteiger partial charge in [0.05, 0.1) is 13.2 Å². The van der Waals surface area contributed by atoms with Crippen molar-refractivity contribution in [2.45, 2.75) is 45.0 Å². The Morgan fingerprint density at radius 1 is 1.24 bits per heavy atom. The van der Waals surface area contributed by atoms with Crippen molar-refractivity contribution < 1.29 is 34.4 Å². The highest BCUT2D eigenvalue weighted by atomic mass is 16.6. The van der Waals surface area contributed by atoms with Crippen molar-refractivity contribution in [3.8, 4) is 5.75 Å². The van der Waals surface area contributed by atoms with E-state index in [9.17, 15) is 19.8 Å². The molecular formula is C17H25NO7. The molecular weight excluding hydrogens is 330 g/mol. The third kappa shape index (κ3) is 6.24. The van der Waals surface area contributed by atoms with Gasteiger partial charge in [-0.25, -0.2) is 9.59 Å². The summed E-state index contributed by atoms with van der Waals surface area (Å²) in [6.45, 7) is 5.26. The van der Waals surface area contributed by atoms with Gasteiger partial charge in [-0.3, -0.25) is 0 Å². The highest BCUT2D eigenvalue weighted by Crippen LogP contribution is 2.31. The third-order valence-electron chi connectivity index (χ3n) is 3.27. The first-order valence-corrected chi connectivity index (χ1v) is 7.80. The first-order chi connectivity index (χ1) is 11.6. The number of para-hydroxylation sites is 1. The van der Waals surface area contributed by atoms with Gasteiger partial charge in [0, 0.05) is 12.1 Å². The molecule has 0 aromatic heterocycles. The van der Waals surface area contributed by atoms with Crippen LogP contribution in [0.2, 0.25) is 0 Å². The van der Waals surface area contributed by atoms with Gasteiger partial charge in [0.25, 0.3) is 0 Å². The first kappa shape index (κ1) is 20.7. The minimum atomic E-state index is -1.37. The second-order valence-corrected chi connectivity index (χ2v) is 6.46. The lowest BCUT2D eigenvalue weighted by molar-refractivity contribution is 0.0109. The fraction of sp³-hybridized carbons (Fsp3) is 0.529. The molecule has 0 spiro atoms. The summed E-state index contributed by atoms with van der Waals surface area (Å²) in [5.41, 5.74) is -0.586. The Labute approximate surface area is 146 Å². The van der Waals surface area contributed by atoms with Crippen LogP contribution in [0.1, 0.15) is 49.2 Å². The molecule has 0 fully saturated rings. The van der Waals surface area contributed by atoms with Gasteiger partial charge in [0.15, 0.2) is 0 Å². The number of aliphatic hydroxyl groups excluding tert-OH is 2. The molecule has 4 N–H and O–H groups in total. The number of carbonyl (C=O) groups excluding carboxylic acids is 1. The molecule has 0 aliphatic rings. The molecule has 0 radical (unpaired) electrons. The number of rotatable bonds is 7. The van der Waals surface area contributed by atoms with E-state index in [4.69, 9.17) is 14.6 Å². The van der Waals surface area contributed by atoms with Crippen LogP contribution in [-0.2, 0) is 4.74 Å². The van der Waals surface area contributed by atoms with E-state index in [-0.39, 0.29) is 29.8 Å². The molecule has 0 saturated heterocycles. The number of carboxylic acid groups (broad SMARTS) is 1. The number of hydrogen-bond donors (Lipinski definition) is 4. The van der Waals surface area contributed by atoms with Gasteiger partial charge < -0.3 is 30.1 Å². The summed E-state index contributed by atoms with van der Waals surface area (Å²) in [5, 5.41) is 32.0. The monoisotopic (exact) mass is 355 g/mol. The van der Waals surface area contributed by atoms with Crippen LogP contribution in [0.4, 0.5) is 4.79 Å². The number of benzene rings is 1. The molecule has 1 aromatic rings. The quantitative estimate of drug-likeness (QED) is 0.586. The zero-order chi connectivity index (χ0) is 19.2. The van der Waals surface area contributed by atoms with Crippen LogP contribution in [0, 0.1) is 0 Å². The number of amides is 1. The van der Waals surface area contributed by atoms with Gasteiger partial charge >= 0.3 is 12.1 Å². The van der Waals surface area contributed by atoms with Gasteiger partial charge in [-0.1, -0.05) is 12.1 Å². The van der Waals surface area contributed by atoms with Crippen LogP contribution >= 0.6 is 0 Å². The summed E-state index contributed by atoms with van der Waals surface area (Å²) in [6, 6.07) is 4.27. The molecule has 2 atom stereocenters. The highest BCUT2D eigenvalue weighted by Gasteiger charge is 2.25. The van der Waals surface area contributed by atoms with Crippen molar-refractivity contribution in [3.05, 3.63) is 29.3 Å². The predicted molar refractivity (Wildman–Crippen MR) is 89.8 cm³/mol. The standard InChI is InChI=1S/C17H25NO7/c1-17(2,3)25-16(23)18-9-8-12(19)13(20)10-6-5-7-11(15(21)22)14(10)24-4/h5-7,12-13,19-20H,8-9H2,1-4H3,(H,18,23)(H,21,22). The molecule has 1 amide bonds. The summed E-state index contributed by atoms with van der Waals surface area (Å²) in [6.07, 6.45) is -3.18. The Bertz CT molecular complexity index is 610. The van der Waals surface area contributed by atoms with Crippen molar-refractivity contribution in [2.75, 3.05) is 13.7 Å². The van der Waals surface area contributed by atoms with Crippen molar-refractivity contribution in [2.24, 2.45) is 0 Å². The normalized spacial score (nSPS) is 13.7. The van der Waals surface area contributed by atoms with Crippen molar-refractivity contribution in [1.29, 1.82) is 0 Å². The van der Waals surface area contributed by atoms with Crippen molar-refractivity contribution in [1.82, 2.24) is 5.32 Å². The second-order valence-electron chi connectivity index (χ2n) is 6.46. The molecule has 1 rings (SSSR count). The number of ether oxygens (including phenoxy) is 2. The number of hydrogen-bond acceptors (Lipinski definition) is 6. The highest BCUT2D eigenvalue weighted by molar-refractivity contribution is 5.91. The number of aromatic carboxylic acids is 1. The molecule has 0 saturated carbocycles. The lowest BCUT2D eigenvalue weighted by Crippen LogP contribution is -2.34. The van der Waals surface area contributed by atoms with Crippen molar-refractivity contribution in [3.63, 3.8) is 0 Å². The predicted octanol–water partition coefficient (Wildman–Crippen LogP) is 1.70. The van der Waals surface area contributed by atoms with Crippen LogP contribution in [-0.4, -0.2) is 52.7 Å². The average Bonchev–Trinajstić information content (AvgIpc) is 2.51. The second kappa shape index (κ2) is 8.68. The van der Waals surface area contributed by atoms with Gasteiger partial charge in [-0.15, -0.1) is 0 Å². The summed E-state index contributed by atoms with van der Waals surface area (Å²) in [4.78, 5) is 22.7. The van der Waals surface area contributed by atoms with Crippen LogP contribution in [0.3, 0.4) is 0 Å². The Morgan fingerprint density at radius 2 is 1.88 bits per heavy atom. The molecule has 0 bridgehead atoms. The van der Waals surface area contributed by atoms with Gasteiger partial charge in [0.2, 0.25) is 0 Å². The molecule has 0 heterocycles. The molecule has 0 aliphatic heterocycles. The van der Waals surface area contributed by atoms with E-state index in [2.05, 4.69) is 5.32 Å². The number of carboxylic acids is 1. The molecule has 0 aliphatic carbocycles.